The summed E-state index contributed by atoms with van der Waals surface area (Å²) in [6.45, 7) is 7.26. The van der Waals surface area contributed by atoms with Gasteiger partial charge in [0.1, 0.15) is 44.4 Å². The fourth-order valence-electron chi connectivity index (χ4n) is 4.99. The molecule has 0 aliphatic rings. The van der Waals surface area contributed by atoms with Crippen LogP contribution in [0.25, 0.3) is 0 Å². The summed E-state index contributed by atoms with van der Waals surface area (Å²) in [5.74, 6) is -2.27. The maximum Gasteiger partial charge on any atom is 0.306 e. The normalized spacial score (nSPS) is 13.2. The number of hydrogen-bond donors (Lipinski definition) is 2. The molecule has 0 saturated heterocycles. The van der Waals surface area contributed by atoms with E-state index in [1.54, 1.807) is 34.7 Å². The molecule has 350 valence electrons. The van der Waals surface area contributed by atoms with Gasteiger partial charge in [-0.2, -0.15) is 0 Å². The second-order valence-corrected chi connectivity index (χ2v) is 15.1. The molecule has 0 aromatic rings. The fourth-order valence-corrected chi connectivity index (χ4v) is 4.99. The first-order chi connectivity index (χ1) is 29.4. The number of Topliss-reactive ketones (excluding diaryl/α,β-unsaturated/α-hetero) is 4. The highest BCUT2D eigenvalue weighted by molar-refractivity contribution is 5.91. The number of unbranched alkanes of at least 4 members (excludes halogenated alkanes) is 2. The van der Waals surface area contributed by atoms with Gasteiger partial charge < -0.3 is 29.2 Å². The van der Waals surface area contributed by atoms with Gasteiger partial charge in [0.2, 0.25) is 0 Å². The fraction of sp³-hybridized carbons (Fsp3) is 0.727. The lowest BCUT2D eigenvalue weighted by Gasteiger charge is -2.12. The molecule has 0 aromatic carbocycles. The molecule has 0 radical (unpaired) electrons. The minimum absolute atomic E-state index is 0.00338. The van der Waals surface area contributed by atoms with Crippen LogP contribution in [0.3, 0.4) is 0 Å². The number of aliphatic hydroxyl groups excluding tert-OH is 2. The molecule has 0 spiro atoms. The lowest BCUT2D eigenvalue weighted by atomic mass is 10.1. The zero-order valence-corrected chi connectivity index (χ0v) is 37.7. The van der Waals surface area contributed by atoms with E-state index in [1.807, 2.05) is 6.92 Å². The van der Waals surface area contributed by atoms with Gasteiger partial charge >= 0.3 is 23.9 Å². The van der Waals surface area contributed by atoms with E-state index in [1.165, 1.54) is 0 Å². The van der Waals surface area contributed by atoms with Crippen LogP contribution in [0, 0.1) is 0 Å². The Kier molecular flexibility index (Phi) is 32.9. The largest absolute Gasteiger partial charge is 0.463 e. The van der Waals surface area contributed by atoms with E-state index < -0.39 is 36.1 Å². The molecular weight excluding hydrogens is 808 g/mol. The third-order valence-electron chi connectivity index (χ3n) is 9.19. The Bertz CT molecular complexity index is 1570. The maximum atomic E-state index is 12.3. The Balaban J connectivity index is 4.10. The van der Waals surface area contributed by atoms with E-state index in [0.29, 0.717) is 68.5 Å². The average Bonchev–Trinajstić information content (AvgIpc) is 3.26. The van der Waals surface area contributed by atoms with E-state index in [0.717, 1.165) is 5.71 Å². The lowest BCUT2D eigenvalue weighted by Crippen LogP contribution is -2.25. The number of ketones is 4. The Morgan fingerprint density at radius 2 is 0.661 bits per heavy atom. The molecule has 18 heteroatoms. The van der Waals surface area contributed by atoms with Crippen molar-refractivity contribution in [3.8, 4) is 0 Å². The van der Waals surface area contributed by atoms with E-state index in [2.05, 4.69) is 20.0 Å². The summed E-state index contributed by atoms with van der Waals surface area (Å²) >= 11 is 0. The molecule has 0 bridgehead atoms. The van der Waals surface area contributed by atoms with Gasteiger partial charge in [-0.25, -0.2) is 0 Å². The van der Waals surface area contributed by atoms with Gasteiger partial charge in [-0.05, 0) is 79.1 Å². The highest BCUT2D eigenvalue weighted by Gasteiger charge is 2.15. The molecule has 62 heavy (non-hydrogen) atoms. The first-order valence-corrected chi connectivity index (χ1v) is 21.4. The zero-order chi connectivity index (χ0) is 46.7. The van der Waals surface area contributed by atoms with Crippen LogP contribution in [0.4, 0.5) is 0 Å². The predicted molar refractivity (Wildman–Crippen MR) is 233 cm³/mol. The van der Waals surface area contributed by atoms with E-state index >= 15 is 0 Å². The standard InChI is InChI=1S/C44H70N4O14/c1-7-35(49)12-8-9-13-36(50)24-46-32(3)17-21-43(57)61-29-40(54)30-62-44(58)23-19-34(5)48-26-38(52)15-11-10-14-37(51)25-47-33(4)18-22-42(56)60-28-39(53)27-59-41(55)20-16-31(2)45-6/h39-40,53-54H,7-30H2,1-6H3. The predicted octanol–water partition coefficient (Wildman–Crippen LogP) is 4.28. The van der Waals surface area contributed by atoms with Crippen LogP contribution in [0.15, 0.2) is 20.0 Å². The highest BCUT2D eigenvalue weighted by Crippen LogP contribution is 2.07. The summed E-state index contributed by atoms with van der Waals surface area (Å²) in [6.07, 6.45) is 3.15. The van der Waals surface area contributed by atoms with Crippen molar-refractivity contribution in [2.45, 2.75) is 156 Å². The highest BCUT2D eigenvalue weighted by atomic mass is 16.6. The first-order valence-electron chi connectivity index (χ1n) is 21.4. The maximum absolute atomic E-state index is 12.3. The summed E-state index contributed by atoms with van der Waals surface area (Å²) in [5.41, 5.74) is 2.58. The van der Waals surface area contributed by atoms with Crippen LogP contribution in [0.5, 0.6) is 0 Å². The molecule has 0 rings (SSSR count). The lowest BCUT2D eigenvalue weighted by molar-refractivity contribution is -0.153. The Morgan fingerprint density at radius 3 is 0.919 bits per heavy atom. The SMILES string of the molecule is CCC(=O)CCCCC(=O)CN=C(C)CCC(=O)OCC(O)COC(=O)CCC(C)=NCC(=O)CCCCC(=O)CN=C(C)CCC(=O)OCC(O)COC(=O)CCC(C)=NC. The molecule has 0 saturated carbocycles. The van der Waals surface area contributed by atoms with Crippen molar-refractivity contribution in [2.75, 3.05) is 53.1 Å². The van der Waals surface area contributed by atoms with Gasteiger partial charge in [0.15, 0.2) is 17.3 Å². The van der Waals surface area contributed by atoms with Crippen molar-refractivity contribution >= 4 is 69.9 Å². The number of esters is 4. The van der Waals surface area contributed by atoms with Crippen LogP contribution in [0.2, 0.25) is 0 Å². The summed E-state index contributed by atoms with van der Waals surface area (Å²) in [6, 6.07) is 0. The van der Waals surface area contributed by atoms with Gasteiger partial charge in [-0.1, -0.05) is 6.92 Å². The molecule has 0 heterocycles. The van der Waals surface area contributed by atoms with Gasteiger partial charge in [0.25, 0.3) is 0 Å². The zero-order valence-electron chi connectivity index (χ0n) is 37.7. The number of aliphatic imine (C=N–C) groups is 4. The van der Waals surface area contributed by atoms with Gasteiger partial charge in [-0.3, -0.25) is 58.3 Å². The van der Waals surface area contributed by atoms with Crippen molar-refractivity contribution in [1.82, 2.24) is 0 Å². The first kappa shape index (κ1) is 57.2. The van der Waals surface area contributed by atoms with Gasteiger partial charge in [0.05, 0.1) is 45.3 Å². The molecule has 0 amide bonds. The molecule has 2 atom stereocenters. The quantitative estimate of drug-likeness (QED) is 0.0382. The molecule has 0 aliphatic carbocycles. The van der Waals surface area contributed by atoms with Gasteiger partial charge in [0, 0.05) is 62.0 Å². The third kappa shape index (κ3) is 34.8. The van der Waals surface area contributed by atoms with Crippen LogP contribution in [-0.4, -0.2) is 145 Å². The van der Waals surface area contributed by atoms with Crippen molar-refractivity contribution in [2.24, 2.45) is 20.0 Å². The molecule has 0 aromatic heterocycles. The Hall–Kier alpha value is -4.84. The van der Waals surface area contributed by atoms with Gasteiger partial charge in [-0.15, -0.1) is 0 Å². The minimum atomic E-state index is -1.22. The number of carbonyl (C=O) groups is 8. The summed E-state index contributed by atoms with van der Waals surface area (Å²) in [4.78, 5) is 112. The number of carbonyl (C=O) groups excluding carboxylic acids is 8. The van der Waals surface area contributed by atoms with Crippen molar-refractivity contribution in [1.29, 1.82) is 0 Å². The number of rotatable bonds is 37. The molecule has 18 nitrogen and oxygen atoms in total. The molecule has 2 unspecified atom stereocenters. The van der Waals surface area contributed by atoms with Crippen LogP contribution in [0.1, 0.15) is 144 Å². The van der Waals surface area contributed by atoms with Crippen molar-refractivity contribution in [3.63, 3.8) is 0 Å². The molecule has 2 N–H and O–H groups in total. The van der Waals surface area contributed by atoms with Crippen molar-refractivity contribution < 1.29 is 67.5 Å². The summed E-state index contributed by atoms with van der Waals surface area (Å²) in [5, 5.41) is 20.0. The molecule has 0 aliphatic heterocycles. The smallest absolute Gasteiger partial charge is 0.306 e. The number of hydrogen-bond acceptors (Lipinski definition) is 18. The second kappa shape index (κ2) is 35.7. The minimum Gasteiger partial charge on any atom is -0.463 e. The molecular formula is C44H70N4O14. The second-order valence-electron chi connectivity index (χ2n) is 15.1. The van der Waals surface area contributed by atoms with E-state index in [9.17, 15) is 48.6 Å². The van der Waals surface area contributed by atoms with E-state index in [-0.39, 0.29) is 127 Å². The number of aliphatic hydroxyl groups is 2. The van der Waals surface area contributed by atoms with Crippen LogP contribution in [-0.2, 0) is 57.3 Å². The molecule has 0 fully saturated rings. The Labute approximate surface area is 365 Å². The van der Waals surface area contributed by atoms with Crippen LogP contribution < -0.4 is 0 Å². The monoisotopic (exact) mass is 878 g/mol. The number of ether oxygens (including phenoxy) is 4. The Morgan fingerprint density at radius 1 is 0.403 bits per heavy atom. The summed E-state index contributed by atoms with van der Waals surface area (Å²) < 4.78 is 20.1. The summed E-state index contributed by atoms with van der Waals surface area (Å²) in [7, 11) is 1.63. The van der Waals surface area contributed by atoms with Crippen LogP contribution >= 0.6 is 0 Å². The van der Waals surface area contributed by atoms with E-state index in [4.69, 9.17) is 18.9 Å². The third-order valence-corrected chi connectivity index (χ3v) is 9.19. The average molecular weight is 879 g/mol. The topological polar surface area (TPSA) is 263 Å². The van der Waals surface area contributed by atoms with Crippen molar-refractivity contribution in [3.05, 3.63) is 0 Å². The number of nitrogens with zero attached hydrogens (tertiary/aromatic N) is 4.